The number of hydrogen-bond donors (Lipinski definition) is 1. The number of pyridine rings is 1. The first-order valence-electron chi connectivity index (χ1n) is 6.71. The Labute approximate surface area is 108 Å². The first-order valence-corrected chi connectivity index (χ1v) is 6.71. The van der Waals surface area contributed by atoms with Crippen LogP contribution in [0.25, 0.3) is 5.65 Å². The molecule has 0 bridgehead atoms. The van der Waals surface area contributed by atoms with Crippen LogP contribution in [-0.4, -0.2) is 22.5 Å². The monoisotopic (exact) mass is 246 g/mol. The van der Waals surface area contributed by atoms with Crippen LogP contribution in [0.2, 0.25) is 0 Å². The van der Waals surface area contributed by atoms with Crippen LogP contribution in [0.4, 0.5) is 5.69 Å². The summed E-state index contributed by atoms with van der Waals surface area (Å²) in [5.74, 6) is 0. The summed E-state index contributed by atoms with van der Waals surface area (Å²) in [5, 5.41) is 0. The van der Waals surface area contributed by atoms with E-state index in [1.165, 1.54) is 5.69 Å². The minimum Gasteiger partial charge on any atom is -0.370 e. The normalized spacial score (nSPS) is 11.1. The molecule has 98 valence electrons. The van der Waals surface area contributed by atoms with Gasteiger partial charge in [0.15, 0.2) is 0 Å². The molecule has 0 aliphatic carbocycles. The third-order valence-corrected chi connectivity index (χ3v) is 3.05. The summed E-state index contributed by atoms with van der Waals surface area (Å²) in [6, 6.07) is 4.21. The molecule has 0 aromatic carbocycles. The van der Waals surface area contributed by atoms with Gasteiger partial charge in [0.25, 0.3) is 0 Å². The zero-order valence-corrected chi connectivity index (χ0v) is 11.3. The molecule has 0 radical (unpaired) electrons. The third kappa shape index (κ3) is 2.64. The van der Waals surface area contributed by atoms with Crippen molar-refractivity contribution in [2.75, 3.05) is 18.0 Å². The van der Waals surface area contributed by atoms with E-state index in [1.807, 2.05) is 6.20 Å². The van der Waals surface area contributed by atoms with E-state index in [-0.39, 0.29) is 0 Å². The van der Waals surface area contributed by atoms with Crippen LogP contribution in [0.3, 0.4) is 0 Å². The molecule has 4 nitrogen and oxygen atoms in total. The minimum absolute atomic E-state index is 0.491. The van der Waals surface area contributed by atoms with E-state index in [1.54, 1.807) is 0 Å². The van der Waals surface area contributed by atoms with Crippen molar-refractivity contribution in [3.05, 3.63) is 30.2 Å². The summed E-state index contributed by atoms with van der Waals surface area (Å²) in [4.78, 5) is 6.86. The van der Waals surface area contributed by atoms with E-state index in [0.717, 1.165) is 37.3 Å². The third-order valence-electron chi connectivity index (χ3n) is 3.05. The molecule has 18 heavy (non-hydrogen) atoms. The molecule has 0 spiro atoms. The van der Waals surface area contributed by atoms with Crippen molar-refractivity contribution in [1.29, 1.82) is 0 Å². The van der Waals surface area contributed by atoms with E-state index >= 15 is 0 Å². The van der Waals surface area contributed by atoms with Crippen LogP contribution in [0.15, 0.2) is 24.5 Å². The Balaban J connectivity index is 2.31. The Hall–Kier alpha value is -1.55. The molecule has 0 unspecified atom stereocenters. The average Bonchev–Trinajstić information content (AvgIpc) is 2.80. The Morgan fingerprint density at radius 2 is 1.89 bits per heavy atom. The highest BCUT2D eigenvalue weighted by atomic mass is 15.1. The largest absolute Gasteiger partial charge is 0.370 e. The summed E-state index contributed by atoms with van der Waals surface area (Å²) in [7, 11) is 0. The molecule has 2 heterocycles. The van der Waals surface area contributed by atoms with E-state index in [0.29, 0.717) is 6.54 Å². The number of fused-ring (bicyclic) bond motifs is 1. The van der Waals surface area contributed by atoms with Gasteiger partial charge in [0.2, 0.25) is 0 Å². The molecule has 2 rings (SSSR count). The number of rotatable bonds is 6. The van der Waals surface area contributed by atoms with Crippen LogP contribution in [0.5, 0.6) is 0 Å². The first-order chi connectivity index (χ1) is 8.78. The second kappa shape index (κ2) is 5.87. The molecule has 0 amide bonds. The van der Waals surface area contributed by atoms with Gasteiger partial charge >= 0.3 is 0 Å². The van der Waals surface area contributed by atoms with Gasteiger partial charge in [0, 0.05) is 32.0 Å². The molecule has 0 aliphatic rings. The van der Waals surface area contributed by atoms with Crippen LogP contribution >= 0.6 is 0 Å². The van der Waals surface area contributed by atoms with Crippen LogP contribution in [-0.2, 0) is 6.54 Å². The van der Waals surface area contributed by atoms with Crippen molar-refractivity contribution in [1.82, 2.24) is 9.38 Å². The Morgan fingerprint density at radius 3 is 2.50 bits per heavy atom. The lowest BCUT2D eigenvalue weighted by Crippen LogP contribution is -2.25. The van der Waals surface area contributed by atoms with Gasteiger partial charge in [-0.05, 0) is 25.0 Å². The van der Waals surface area contributed by atoms with Crippen LogP contribution < -0.4 is 10.6 Å². The maximum Gasteiger partial charge on any atom is 0.137 e. The topological polar surface area (TPSA) is 46.6 Å². The van der Waals surface area contributed by atoms with Gasteiger partial charge in [-0.15, -0.1) is 0 Å². The van der Waals surface area contributed by atoms with Crippen molar-refractivity contribution in [2.24, 2.45) is 5.73 Å². The summed E-state index contributed by atoms with van der Waals surface area (Å²) < 4.78 is 2.07. The van der Waals surface area contributed by atoms with Gasteiger partial charge in [0.05, 0.1) is 11.4 Å². The van der Waals surface area contributed by atoms with Crippen molar-refractivity contribution >= 4 is 11.3 Å². The van der Waals surface area contributed by atoms with Gasteiger partial charge in [0.1, 0.15) is 5.65 Å². The maximum atomic E-state index is 5.62. The van der Waals surface area contributed by atoms with Crippen molar-refractivity contribution in [3.8, 4) is 0 Å². The lowest BCUT2D eigenvalue weighted by Gasteiger charge is -2.23. The Kier molecular flexibility index (Phi) is 4.20. The number of aromatic nitrogens is 2. The van der Waals surface area contributed by atoms with Crippen LogP contribution in [0.1, 0.15) is 32.4 Å². The second-order valence-corrected chi connectivity index (χ2v) is 4.58. The van der Waals surface area contributed by atoms with Gasteiger partial charge in [-0.25, -0.2) is 4.98 Å². The average molecular weight is 246 g/mol. The highest BCUT2D eigenvalue weighted by Gasteiger charge is 2.06. The molecule has 2 aromatic heterocycles. The van der Waals surface area contributed by atoms with Gasteiger partial charge in [-0.2, -0.15) is 0 Å². The fraction of sp³-hybridized carbons (Fsp3) is 0.500. The van der Waals surface area contributed by atoms with Gasteiger partial charge in [-0.1, -0.05) is 13.8 Å². The predicted octanol–water partition coefficient (Wildman–Crippen LogP) is 2.42. The SMILES string of the molecule is CCCN(CCC)c1ccc2nc(CN)cn2c1. The highest BCUT2D eigenvalue weighted by molar-refractivity contribution is 5.52. The molecule has 0 atom stereocenters. The predicted molar refractivity (Wildman–Crippen MR) is 75.9 cm³/mol. The van der Waals surface area contributed by atoms with Crippen molar-refractivity contribution in [2.45, 2.75) is 33.2 Å². The molecule has 0 saturated carbocycles. The second-order valence-electron chi connectivity index (χ2n) is 4.58. The molecule has 2 aromatic rings. The number of imidazole rings is 1. The zero-order chi connectivity index (χ0) is 13.0. The number of anilines is 1. The van der Waals surface area contributed by atoms with Gasteiger partial charge in [-0.3, -0.25) is 0 Å². The number of nitrogens with two attached hydrogens (primary N) is 1. The minimum atomic E-state index is 0.491. The first kappa shape index (κ1) is 12.9. The fourth-order valence-electron chi connectivity index (χ4n) is 2.23. The molecular weight excluding hydrogens is 224 g/mol. The number of nitrogens with zero attached hydrogens (tertiary/aromatic N) is 3. The van der Waals surface area contributed by atoms with E-state index < -0.39 is 0 Å². The van der Waals surface area contributed by atoms with E-state index in [4.69, 9.17) is 5.73 Å². The Morgan fingerprint density at radius 1 is 1.17 bits per heavy atom. The number of hydrogen-bond acceptors (Lipinski definition) is 3. The van der Waals surface area contributed by atoms with Crippen molar-refractivity contribution in [3.63, 3.8) is 0 Å². The lowest BCUT2D eigenvalue weighted by molar-refractivity contribution is 0.742. The lowest BCUT2D eigenvalue weighted by atomic mass is 10.3. The molecular formula is C14H22N4. The summed E-state index contributed by atoms with van der Waals surface area (Å²) in [6.45, 7) is 7.11. The quantitative estimate of drug-likeness (QED) is 0.851. The molecule has 0 fully saturated rings. The van der Waals surface area contributed by atoms with E-state index in [9.17, 15) is 0 Å². The van der Waals surface area contributed by atoms with Crippen molar-refractivity contribution < 1.29 is 0 Å². The maximum absolute atomic E-state index is 5.62. The molecule has 0 aliphatic heterocycles. The highest BCUT2D eigenvalue weighted by Crippen LogP contribution is 2.17. The zero-order valence-electron chi connectivity index (χ0n) is 11.3. The summed E-state index contributed by atoms with van der Waals surface area (Å²) in [5.41, 5.74) is 8.78. The Bertz CT molecular complexity index is 497. The van der Waals surface area contributed by atoms with Gasteiger partial charge < -0.3 is 15.0 Å². The standard InChI is InChI=1S/C14H22N4/c1-3-7-17(8-4-2)13-5-6-14-16-12(9-15)10-18(14)11-13/h5-6,10-11H,3-4,7-9,15H2,1-2H3. The summed E-state index contributed by atoms with van der Waals surface area (Å²) >= 11 is 0. The van der Waals surface area contributed by atoms with Crippen LogP contribution in [0, 0.1) is 0 Å². The molecule has 0 saturated heterocycles. The summed E-state index contributed by atoms with van der Waals surface area (Å²) in [6.07, 6.45) is 6.48. The molecule has 2 N–H and O–H groups in total. The smallest absolute Gasteiger partial charge is 0.137 e. The van der Waals surface area contributed by atoms with E-state index in [2.05, 4.69) is 46.5 Å². The fourth-order valence-corrected chi connectivity index (χ4v) is 2.23. The molecule has 4 heteroatoms.